The maximum atomic E-state index is 9.11. The maximum Gasteiger partial charge on any atom is 0.128 e. The van der Waals surface area contributed by atoms with Crippen LogP contribution < -0.4 is 4.90 Å². The quantitative estimate of drug-likeness (QED) is 0.830. The number of aliphatic hydroxyl groups is 1. The van der Waals surface area contributed by atoms with E-state index in [0.717, 1.165) is 30.2 Å². The van der Waals surface area contributed by atoms with Gasteiger partial charge in [0.25, 0.3) is 0 Å². The van der Waals surface area contributed by atoms with Crippen molar-refractivity contribution in [3.8, 4) is 0 Å². The van der Waals surface area contributed by atoms with Gasteiger partial charge in [0.05, 0.1) is 6.61 Å². The van der Waals surface area contributed by atoms with Gasteiger partial charge in [-0.1, -0.05) is 18.9 Å². The SMILES string of the molecule is Cc1nc(N2CCCCCC2)ccc1CO. The van der Waals surface area contributed by atoms with Crippen LogP contribution in [0.2, 0.25) is 0 Å². The summed E-state index contributed by atoms with van der Waals surface area (Å²) in [6.07, 6.45) is 5.21. The van der Waals surface area contributed by atoms with E-state index in [-0.39, 0.29) is 6.61 Å². The number of nitrogens with zero attached hydrogens (tertiary/aromatic N) is 2. The third-order valence-corrected chi connectivity index (χ3v) is 3.28. The van der Waals surface area contributed by atoms with E-state index in [1.807, 2.05) is 19.1 Å². The normalized spacial score (nSPS) is 17.2. The molecule has 1 aliphatic heterocycles. The van der Waals surface area contributed by atoms with Gasteiger partial charge in [-0.25, -0.2) is 4.98 Å². The lowest BCUT2D eigenvalue weighted by Crippen LogP contribution is -2.25. The van der Waals surface area contributed by atoms with E-state index >= 15 is 0 Å². The zero-order valence-electron chi connectivity index (χ0n) is 9.95. The highest BCUT2D eigenvalue weighted by atomic mass is 16.3. The summed E-state index contributed by atoms with van der Waals surface area (Å²) < 4.78 is 0. The van der Waals surface area contributed by atoms with E-state index in [9.17, 15) is 0 Å². The number of hydrogen-bond acceptors (Lipinski definition) is 3. The monoisotopic (exact) mass is 220 g/mol. The average molecular weight is 220 g/mol. The Kier molecular flexibility index (Phi) is 3.78. The molecule has 0 saturated carbocycles. The van der Waals surface area contributed by atoms with Crippen molar-refractivity contribution in [1.82, 2.24) is 4.98 Å². The van der Waals surface area contributed by atoms with E-state index in [2.05, 4.69) is 9.88 Å². The Morgan fingerprint density at radius 1 is 1.19 bits per heavy atom. The zero-order valence-corrected chi connectivity index (χ0v) is 9.95. The molecule has 0 aliphatic carbocycles. The predicted molar refractivity (Wildman–Crippen MR) is 65.6 cm³/mol. The third kappa shape index (κ3) is 2.53. The summed E-state index contributed by atoms with van der Waals surface area (Å²) in [5, 5.41) is 9.11. The summed E-state index contributed by atoms with van der Waals surface area (Å²) in [6.45, 7) is 4.28. The van der Waals surface area contributed by atoms with Gasteiger partial charge in [0.1, 0.15) is 5.82 Å². The van der Waals surface area contributed by atoms with Crippen LogP contribution >= 0.6 is 0 Å². The number of aromatic nitrogens is 1. The highest BCUT2D eigenvalue weighted by Crippen LogP contribution is 2.19. The van der Waals surface area contributed by atoms with Crippen molar-refractivity contribution in [3.63, 3.8) is 0 Å². The van der Waals surface area contributed by atoms with Gasteiger partial charge in [0.2, 0.25) is 0 Å². The first-order valence-corrected chi connectivity index (χ1v) is 6.13. The Morgan fingerprint density at radius 3 is 2.44 bits per heavy atom. The van der Waals surface area contributed by atoms with E-state index in [4.69, 9.17) is 5.11 Å². The van der Waals surface area contributed by atoms with Crippen molar-refractivity contribution in [2.75, 3.05) is 18.0 Å². The summed E-state index contributed by atoms with van der Waals surface area (Å²) in [7, 11) is 0. The Morgan fingerprint density at radius 2 is 1.88 bits per heavy atom. The molecule has 1 aliphatic rings. The molecule has 2 rings (SSSR count). The van der Waals surface area contributed by atoms with Crippen molar-refractivity contribution in [1.29, 1.82) is 0 Å². The minimum Gasteiger partial charge on any atom is -0.392 e. The lowest BCUT2D eigenvalue weighted by atomic mass is 10.2. The number of rotatable bonds is 2. The first kappa shape index (κ1) is 11.4. The molecule has 0 unspecified atom stereocenters. The molecule has 2 heterocycles. The first-order valence-electron chi connectivity index (χ1n) is 6.13. The van der Waals surface area contributed by atoms with E-state index in [1.54, 1.807) is 0 Å². The molecule has 3 nitrogen and oxygen atoms in total. The molecule has 0 aromatic carbocycles. The Hall–Kier alpha value is -1.09. The standard InChI is InChI=1S/C13H20N2O/c1-11-12(10-16)6-7-13(14-11)15-8-4-2-3-5-9-15/h6-7,16H,2-5,8-10H2,1H3. The van der Waals surface area contributed by atoms with Crippen molar-refractivity contribution < 1.29 is 5.11 Å². The van der Waals surface area contributed by atoms with E-state index < -0.39 is 0 Å². The molecular weight excluding hydrogens is 200 g/mol. The van der Waals surface area contributed by atoms with Crippen molar-refractivity contribution in [2.24, 2.45) is 0 Å². The predicted octanol–water partition coefficient (Wildman–Crippen LogP) is 2.26. The lowest BCUT2D eigenvalue weighted by molar-refractivity contribution is 0.280. The van der Waals surface area contributed by atoms with Crippen LogP contribution in [0.3, 0.4) is 0 Å². The van der Waals surface area contributed by atoms with Crippen LogP contribution in [0, 0.1) is 6.92 Å². The zero-order chi connectivity index (χ0) is 11.4. The van der Waals surface area contributed by atoms with Crippen molar-refractivity contribution in [3.05, 3.63) is 23.4 Å². The summed E-state index contributed by atoms with van der Waals surface area (Å²) in [5.41, 5.74) is 1.88. The smallest absolute Gasteiger partial charge is 0.128 e. The van der Waals surface area contributed by atoms with Gasteiger partial charge in [-0.15, -0.1) is 0 Å². The van der Waals surface area contributed by atoms with Crippen LogP contribution in [0.1, 0.15) is 36.9 Å². The van der Waals surface area contributed by atoms with Gasteiger partial charge in [-0.05, 0) is 31.4 Å². The van der Waals surface area contributed by atoms with Gasteiger partial charge in [-0.3, -0.25) is 0 Å². The fraction of sp³-hybridized carbons (Fsp3) is 0.615. The molecule has 0 spiro atoms. The van der Waals surface area contributed by atoms with Gasteiger partial charge in [-0.2, -0.15) is 0 Å². The number of pyridine rings is 1. The minimum absolute atomic E-state index is 0.0825. The lowest BCUT2D eigenvalue weighted by Gasteiger charge is -2.22. The average Bonchev–Trinajstić information content (AvgIpc) is 2.57. The van der Waals surface area contributed by atoms with Crippen LogP contribution in [0.15, 0.2) is 12.1 Å². The second-order valence-corrected chi connectivity index (χ2v) is 4.47. The second-order valence-electron chi connectivity index (χ2n) is 4.47. The Balaban J connectivity index is 2.16. The Bertz CT molecular complexity index is 344. The molecular formula is C13H20N2O. The largest absolute Gasteiger partial charge is 0.392 e. The minimum atomic E-state index is 0.0825. The van der Waals surface area contributed by atoms with Crippen LogP contribution in [0.25, 0.3) is 0 Å². The van der Waals surface area contributed by atoms with E-state index in [0.29, 0.717) is 0 Å². The second kappa shape index (κ2) is 5.30. The van der Waals surface area contributed by atoms with Crippen LogP contribution in [0.5, 0.6) is 0 Å². The maximum absolute atomic E-state index is 9.11. The van der Waals surface area contributed by atoms with E-state index in [1.165, 1.54) is 25.7 Å². The molecule has 0 bridgehead atoms. The summed E-state index contributed by atoms with van der Waals surface area (Å²) in [6, 6.07) is 4.02. The number of hydrogen-bond donors (Lipinski definition) is 1. The molecule has 88 valence electrons. The summed E-state index contributed by atoms with van der Waals surface area (Å²) in [4.78, 5) is 6.94. The number of aliphatic hydroxyl groups excluding tert-OH is 1. The molecule has 0 atom stereocenters. The molecule has 1 N–H and O–H groups in total. The fourth-order valence-electron chi connectivity index (χ4n) is 2.22. The van der Waals surface area contributed by atoms with Gasteiger partial charge in [0, 0.05) is 18.8 Å². The van der Waals surface area contributed by atoms with Crippen LogP contribution in [0.4, 0.5) is 5.82 Å². The van der Waals surface area contributed by atoms with Crippen LogP contribution in [-0.2, 0) is 6.61 Å². The molecule has 1 aromatic heterocycles. The third-order valence-electron chi connectivity index (χ3n) is 3.28. The van der Waals surface area contributed by atoms with Crippen molar-refractivity contribution >= 4 is 5.82 Å². The molecule has 0 amide bonds. The highest BCUT2D eigenvalue weighted by Gasteiger charge is 2.11. The topological polar surface area (TPSA) is 36.4 Å². The van der Waals surface area contributed by atoms with Gasteiger partial charge in [0.15, 0.2) is 0 Å². The molecule has 1 fully saturated rings. The Labute approximate surface area is 97.1 Å². The molecule has 1 aromatic rings. The first-order chi connectivity index (χ1) is 7.81. The molecule has 3 heteroatoms. The van der Waals surface area contributed by atoms with Gasteiger partial charge >= 0.3 is 0 Å². The molecule has 0 radical (unpaired) electrons. The number of anilines is 1. The van der Waals surface area contributed by atoms with Gasteiger partial charge < -0.3 is 10.0 Å². The molecule has 16 heavy (non-hydrogen) atoms. The van der Waals surface area contributed by atoms with Crippen LogP contribution in [-0.4, -0.2) is 23.2 Å². The molecule has 1 saturated heterocycles. The highest BCUT2D eigenvalue weighted by molar-refractivity contribution is 5.41. The summed E-state index contributed by atoms with van der Waals surface area (Å²) in [5.74, 6) is 1.07. The summed E-state index contributed by atoms with van der Waals surface area (Å²) >= 11 is 0. The fourth-order valence-corrected chi connectivity index (χ4v) is 2.22. The van der Waals surface area contributed by atoms with Crippen molar-refractivity contribution in [2.45, 2.75) is 39.2 Å². The number of aryl methyl sites for hydroxylation is 1.